The zero-order valence-corrected chi connectivity index (χ0v) is 9.58. The van der Waals surface area contributed by atoms with Crippen LogP contribution in [0.4, 0.5) is 0 Å². The lowest BCUT2D eigenvalue weighted by Crippen LogP contribution is -2.09. The molecule has 2 unspecified atom stereocenters. The first-order valence-electron chi connectivity index (χ1n) is 4.16. The van der Waals surface area contributed by atoms with Crippen LogP contribution >= 0.6 is 15.9 Å². The molecule has 72 valence electrons. The van der Waals surface area contributed by atoms with Crippen molar-refractivity contribution in [1.29, 1.82) is 0 Å². The zero-order valence-electron chi connectivity index (χ0n) is 7.99. The van der Waals surface area contributed by atoms with Crippen LogP contribution in [0.2, 0.25) is 0 Å². The van der Waals surface area contributed by atoms with Crippen LogP contribution in [-0.2, 0) is 0 Å². The lowest BCUT2D eigenvalue weighted by atomic mass is 10.1. The molecule has 1 aromatic rings. The van der Waals surface area contributed by atoms with E-state index in [2.05, 4.69) is 39.7 Å². The van der Waals surface area contributed by atoms with Crippen LogP contribution in [0.15, 0.2) is 12.3 Å². The normalized spacial score (nSPS) is 15.1. The van der Waals surface area contributed by atoms with Gasteiger partial charge in [0.15, 0.2) is 0 Å². The van der Waals surface area contributed by atoms with Crippen LogP contribution in [0.3, 0.4) is 0 Å². The van der Waals surface area contributed by atoms with Crippen molar-refractivity contribution in [3.63, 3.8) is 0 Å². The minimum Gasteiger partial charge on any atom is -0.481 e. The molecule has 0 spiro atoms. The third kappa shape index (κ3) is 2.66. The summed E-state index contributed by atoms with van der Waals surface area (Å²) in [5, 5.41) is 0. The zero-order chi connectivity index (χ0) is 9.84. The van der Waals surface area contributed by atoms with E-state index < -0.39 is 0 Å². The summed E-state index contributed by atoms with van der Waals surface area (Å²) in [4.78, 5) is 8.80. The Kier molecular flexibility index (Phi) is 3.66. The molecule has 13 heavy (non-hydrogen) atoms. The Morgan fingerprint density at radius 1 is 1.46 bits per heavy atom. The van der Waals surface area contributed by atoms with Gasteiger partial charge in [-0.25, -0.2) is 4.98 Å². The number of alkyl halides is 1. The SMILES string of the molecule is COc1ccnc(C(C)C(C)Br)n1. The Labute approximate surface area is 86.7 Å². The van der Waals surface area contributed by atoms with Crippen molar-refractivity contribution in [1.82, 2.24) is 9.97 Å². The van der Waals surface area contributed by atoms with Gasteiger partial charge in [0, 0.05) is 23.0 Å². The van der Waals surface area contributed by atoms with E-state index in [1.807, 2.05) is 0 Å². The standard InChI is InChI=1S/C9H13BrN2O/c1-6(7(2)10)9-11-5-4-8(12-9)13-3/h4-7H,1-3H3. The number of nitrogens with zero attached hydrogens (tertiary/aromatic N) is 2. The van der Waals surface area contributed by atoms with Crippen molar-refractivity contribution in [2.75, 3.05) is 7.11 Å². The van der Waals surface area contributed by atoms with Gasteiger partial charge in [0.05, 0.1) is 7.11 Å². The quantitative estimate of drug-likeness (QED) is 0.767. The Bertz CT molecular complexity index is 278. The minimum atomic E-state index is 0.287. The van der Waals surface area contributed by atoms with E-state index in [0.29, 0.717) is 10.7 Å². The highest BCUT2D eigenvalue weighted by Crippen LogP contribution is 2.21. The van der Waals surface area contributed by atoms with Gasteiger partial charge in [-0.2, -0.15) is 4.98 Å². The monoisotopic (exact) mass is 244 g/mol. The summed E-state index contributed by atoms with van der Waals surface area (Å²) < 4.78 is 5.02. The highest BCUT2D eigenvalue weighted by molar-refractivity contribution is 9.09. The first-order chi connectivity index (χ1) is 6.15. The number of rotatable bonds is 3. The molecule has 0 N–H and O–H groups in total. The lowest BCUT2D eigenvalue weighted by Gasteiger charge is -2.12. The van der Waals surface area contributed by atoms with Crippen molar-refractivity contribution in [3.05, 3.63) is 18.1 Å². The van der Waals surface area contributed by atoms with Gasteiger partial charge < -0.3 is 4.74 Å². The number of methoxy groups -OCH3 is 1. The number of hydrogen-bond donors (Lipinski definition) is 0. The predicted octanol–water partition coefficient (Wildman–Crippen LogP) is 2.37. The summed E-state index contributed by atoms with van der Waals surface area (Å²) in [6.07, 6.45) is 1.72. The molecule has 0 fully saturated rings. The number of aromatic nitrogens is 2. The molecule has 4 heteroatoms. The summed E-state index contributed by atoms with van der Waals surface area (Å²) in [6, 6.07) is 1.75. The Morgan fingerprint density at radius 3 is 2.69 bits per heavy atom. The maximum Gasteiger partial charge on any atom is 0.216 e. The van der Waals surface area contributed by atoms with E-state index >= 15 is 0 Å². The minimum absolute atomic E-state index is 0.287. The molecule has 0 aliphatic heterocycles. The fourth-order valence-electron chi connectivity index (χ4n) is 0.895. The Morgan fingerprint density at radius 2 is 2.15 bits per heavy atom. The maximum atomic E-state index is 5.02. The van der Waals surface area contributed by atoms with Crippen molar-refractivity contribution >= 4 is 15.9 Å². The molecule has 0 aromatic carbocycles. The average Bonchev–Trinajstić information content (AvgIpc) is 2.16. The summed E-state index contributed by atoms with van der Waals surface area (Å²) in [5.41, 5.74) is 0. The van der Waals surface area contributed by atoms with E-state index in [9.17, 15) is 0 Å². The second-order valence-corrected chi connectivity index (χ2v) is 4.37. The van der Waals surface area contributed by atoms with Crippen molar-refractivity contribution in [2.24, 2.45) is 0 Å². The van der Waals surface area contributed by atoms with Gasteiger partial charge in [-0.1, -0.05) is 29.8 Å². The highest BCUT2D eigenvalue weighted by Gasteiger charge is 2.14. The van der Waals surface area contributed by atoms with Gasteiger partial charge in [-0.15, -0.1) is 0 Å². The van der Waals surface area contributed by atoms with Gasteiger partial charge in [-0.3, -0.25) is 0 Å². The van der Waals surface area contributed by atoms with Crippen LogP contribution in [0.1, 0.15) is 25.6 Å². The summed E-state index contributed by atoms with van der Waals surface area (Å²) in [5.74, 6) is 1.71. The molecule has 1 rings (SSSR count). The molecule has 0 radical (unpaired) electrons. The van der Waals surface area contributed by atoms with E-state index in [0.717, 1.165) is 5.82 Å². The second-order valence-electron chi connectivity index (χ2n) is 2.92. The topological polar surface area (TPSA) is 35.0 Å². The third-order valence-corrected chi connectivity index (χ3v) is 2.75. The first kappa shape index (κ1) is 10.4. The van der Waals surface area contributed by atoms with E-state index in [4.69, 9.17) is 4.74 Å². The largest absolute Gasteiger partial charge is 0.481 e. The highest BCUT2D eigenvalue weighted by atomic mass is 79.9. The third-order valence-electron chi connectivity index (χ3n) is 1.95. The van der Waals surface area contributed by atoms with E-state index in [1.165, 1.54) is 0 Å². The molecule has 0 aliphatic rings. The molecule has 2 atom stereocenters. The molecule has 3 nitrogen and oxygen atoms in total. The van der Waals surface area contributed by atoms with Crippen molar-refractivity contribution in [3.8, 4) is 5.88 Å². The summed E-state index contributed by atoms with van der Waals surface area (Å²) in [6.45, 7) is 4.15. The Hall–Kier alpha value is -0.640. The fraction of sp³-hybridized carbons (Fsp3) is 0.556. The number of halogens is 1. The predicted molar refractivity (Wildman–Crippen MR) is 55.4 cm³/mol. The lowest BCUT2D eigenvalue weighted by molar-refractivity contribution is 0.393. The Balaban J connectivity index is 2.88. The molecule has 1 heterocycles. The molecular weight excluding hydrogens is 232 g/mol. The average molecular weight is 245 g/mol. The van der Waals surface area contributed by atoms with E-state index in [1.54, 1.807) is 19.4 Å². The van der Waals surface area contributed by atoms with E-state index in [-0.39, 0.29) is 5.92 Å². The second kappa shape index (κ2) is 4.56. The number of hydrogen-bond acceptors (Lipinski definition) is 3. The summed E-state index contributed by atoms with van der Waals surface area (Å²) >= 11 is 3.50. The molecule has 0 saturated carbocycles. The van der Waals surface area contributed by atoms with Gasteiger partial charge >= 0.3 is 0 Å². The molecule has 1 aromatic heterocycles. The first-order valence-corrected chi connectivity index (χ1v) is 5.07. The van der Waals surface area contributed by atoms with Gasteiger partial charge in [0.2, 0.25) is 5.88 Å². The number of ether oxygens (including phenoxy) is 1. The van der Waals surface area contributed by atoms with Crippen molar-refractivity contribution < 1.29 is 4.74 Å². The van der Waals surface area contributed by atoms with Crippen LogP contribution < -0.4 is 4.74 Å². The van der Waals surface area contributed by atoms with Crippen LogP contribution in [0, 0.1) is 0 Å². The van der Waals surface area contributed by atoms with Gasteiger partial charge in [-0.05, 0) is 0 Å². The fourth-order valence-corrected chi connectivity index (χ4v) is 1.13. The maximum absolute atomic E-state index is 5.02. The van der Waals surface area contributed by atoms with Crippen LogP contribution in [-0.4, -0.2) is 21.9 Å². The molecule has 0 aliphatic carbocycles. The van der Waals surface area contributed by atoms with Crippen molar-refractivity contribution in [2.45, 2.75) is 24.6 Å². The van der Waals surface area contributed by atoms with Crippen LogP contribution in [0.25, 0.3) is 0 Å². The van der Waals surface area contributed by atoms with Crippen LogP contribution in [0.5, 0.6) is 5.88 Å². The van der Waals surface area contributed by atoms with Gasteiger partial charge in [0.1, 0.15) is 5.82 Å². The molecular formula is C9H13BrN2O. The molecule has 0 bridgehead atoms. The molecule has 0 saturated heterocycles. The van der Waals surface area contributed by atoms with Gasteiger partial charge in [0.25, 0.3) is 0 Å². The molecule has 0 amide bonds. The smallest absolute Gasteiger partial charge is 0.216 e. The summed E-state index contributed by atoms with van der Waals surface area (Å²) in [7, 11) is 1.61.